The monoisotopic (exact) mass is 270 g/mol. The second-order valence-electron chi connectivity index (χ2n) is 3.29. The molecular formula is C10H8Cl2N4O. The average Bonchev–Trinajstić information content (AvgIpc) is 2.63. The van der Waals surface area contributed by atoms with E-state index < -0.39 is 0 Å². The van der Waals surface area contributed by atoms with Gasteiger partial charge in [0.1, 0.15) is 11.0 Å². The molecule has 1 amide bonds. The summed E-state index contributed by atoms with van der Waals surface area (Å²) in [5.74, 6) is 0.0391. The van der Waals surface area contributed by atoms with Gasteiger partial charge < -0.3 is 5.32 Å². The highest BCUT2D eigenvalue weighted by molar-refractivity contribution is 6.33. The van der Waals surface area contributed by atoms with E-state index in [-0.39, 0.29) is 11.1 Å². The Morgan fingerprint density at radius 3 is 2.65 bits per heavy atom. The highest BCUT2D eigenvalue weighted by Gasteiger charge is 2.14. The summed E-state index contributed by atoms with van der Waals surface area (Å²) in [6.45, 7) is 0. The Morgan fingerprint density at radius 2 is 2.12 bits per heavy atom. The van der Waals surface area contributed by atoms with Crippen molar-refractivity contribution < 1.29 is 4.79 Å². The average molecular weight is 271 g/mol. The van der Waals surface area contributed by atoms with Crippen molar-refractivity contribution in [1.29, 1.82) is 0 Å². The fourth-order valence-electron chi connectivity index (χ4n) is 1.21. The first-order valence-corrected chi connectivity index (χ1v) is 5.44. The molecule has 2 heterocycles. The van der Waals surface area contributed by atoms with Crippen LogP contribution in [0.1, 0.15) is 10.4 Å². The number of anilines is 1. The maximum Gasteiger partial charge on any atom is 0.261 e. The number of carbonyl (C=O) groups is 1. The van der Waals surface area contributed by atoms with E-state index >= 15 is 0 Å². The third-order valence-electron chi connectivity index (χ3n) is 2.08. The number of hydrogen-bond acceptors (Lipinski definition) is 3. The molecule has 0 aliphatic carbocycles. The Labute approximate surface area is 107 Å². The number of amides is 1. The lowest BCUT2D eigenvalue weighted by molar-refractivity contribution is 0.102. The zero-order chi connectivity index (χ0) is 12.4. The van der Waals surface area contributed by atoms with Crippen LogP contribution in [-0.4, -0.2) is 20.7 Å². The van der Waals surface area contributed by atoms with Gasteiger partial charge in [-0.15, -0.1) is 0 Å². The first-order chi connectivity index (χ1) is 8.08. The second-order valence-corrected chi connectivity index (χ2v) is 4.08. The van der Waals surface area contributed by atoms with Crippen molar-refractivity contribution in [2.75, 3.05) is 5.32 Å². The van der Waals surface area contributed by atoms with Crippen LogP contribution >= 0.6 is 23.2 Å². The molecule has 0 spiro atoms. The third-order valence-corrected chi connectivity index (χ3v) is 2.75. The Hall–Kier alpha value is -1.59. The Balaban J connectivity index is 2.17. The summed E-state index contributed by atoms with van der Waals surface area (Å²) < 4.78 is 1.41. The van der Waals surface area contributed by atoms with E-state index in [1.165, 1.54) is 17.1 Å². The Bertz CT molecular complexity index is 550. The summed E-state index contributed by atoms with van der Waals surface area (Å²) in [6, 6.07) is 3.24. The van der Waals surface area contributed by atoms with E-state index in [2.05, 4.69) is 15.4 Å². The Kier molecular flexibility index (Phi) is 3.31. The van der Waals surface area contributed by atoms with E-state index in [4.69, 9.17) is 23.2 Å². The van der Waals surface area contributed by atoms with Crippen LogP contribution in [0.5, 0.6) is 0 Å². The molecule has 0 aliphatic rings. The lowest BCUT2D eigenvalue weighted by Crippen LogP contribution is -2.12. The van der Waals surface area contributed by atoms with Gasteiger partial charge in [0.25, 0.3) is 5.91 Å². The van der Waals surface area contributed by atoms with Gasteiger partial charge in [-0.05, 0) is 12.1 Å². The highest BCUT2D eigenvalue weighted by atomic mass is 35.5. The van der Waals surface area contributed by atoms with Gasteiger partial charge in [-0.3, -0.25) is 9.48 Å². The van der Waals surface area contributed by atoms with Gasteiger partial charge in [0.05, 0.1) is 16.8 Å². The topological polar surface area (TPSA) is 59.8 Å². The summed E-state index contributed by atoms with van der Waals surface area (Å²) in [4.78, 5) is 15.8. The van der Waals surface area contributed by atoms with Crippen LogP contribution in [0.3, 0.4) is 0 Å². The fraction of sp³-hybridized carbons (Fsp3) is 0.100. The van der Waals surface area contributed by atoms with Gasteiger partial charge in [0.15, 0.2) is 0 Å². The SMILES string of the molecule is Cn1ncc(C(=O)Nc2ccc(Cl)cn2)c1Cl. The van der Waals surface area contributed by atoms with Gasteiger partial charge in [-0.2, -0.15) is 5.10 Å². The molecule has 0 aliphatic heterocycles. The van der Waals surface area contributed by atoms with Crippen molar-refractivity contribution in [3.8, 4) is 0 Å². The standard InChI is InChI=1S/C10H8Cl2N4O/c1-16-9(12)7(5-14-16)10(17)15-8-3-2-6(11)4-13-8/h2-5H,1H3,(H,13,15,17). The van der Waals surface area contributed by atoms with Crippen LogP contribution in [0.25, 0.3) is 0 Å². The number of rotatable bonds is 2. The largest absolute Gasteiger partial charge is 0.306 e. The number of hydrogen-bond donors (Lipinski definition) is 1. The molecule has 7 heteroatoms. The normalized spacial score (nSPS) is 10.3. The summed E-state index contributed by atoms with van der Waals surface area (Å²) >= 11 is 11.6. The van der Waals surface area contributed by atoms with Crippen molar-refractivity contribution in [3.05, 3.63) is 40.3 Å². The lowest BCUT2D eigenvalue weighted by atomic mass is 10.3. The molecule has 2 rings (SSSR count). The fourth-order valence-corrected chi connectivity index (χ4v) is 1.50. The zero-order valence-electron chi connectivity index (χ0n) is 8.82. The van der Waals surface area contributed by atoms with E-state index in [9.17, 15) is 4.79 Å². The number of nitrogens with one attached hydrogen (secondary N) is 1. The predicted octanol–water partition coefficient (Wildman–Crippen LogP) is 2.37. The molecule has 2 aromatic rings. The third kappa shape index (κ3) is 2.57. The van der Waals surface area contributed by atoms with Crippen LogP contribution in [0.15, 0.2) is 24.5 Å². The molecule has 0 aromatic carbocycles. The van der Waals surface area contributed by atoms with Gasteiger partial charge in [0, 0.05) is 13.2 Å². The van der Waals surface area contributed by atoms with Gasteiger partial charge >= 0.3 is 0 Å². The summed E-state index contributed by atoms with van der Waals surface area (Å²) in [6.07, 6.45) is 2.84. The molecule has 0 atom stereocenters. The van der Waals surface area contributed by atoms with Crippen LogP contribution in [0.2, 0.25) is 10.2 Å². The molecule has 0 fully saturated rings. The van der Waals surface area contributed by atoms with Gasteiger partial charge in [-0.25, -0.2) is 4.98 Å². The molecule has 17 heavy (non-hydrogen) atoms. The van der Waals surface area contributed by atoms with Crippen LogP contribution in [0, 0.1) is 0 Å². The van der Waals surface area contributed by atoms with E-state index in [0.29, 0.717) is 16.4 Å². The smallest absolute Gasteiger partial charge is 0.261 e. The van der Waals surface area contributed by atoms with Crippen molar-refractivity contribution in [2.24, 2.45) is 7.05 Å². The molecule has 0 unspecified atom stereocenters. The number of pyridine rings is 1. The molecule has 88 valence electrons. The molecule has 0 radical (unpaired) electrons. The predicted molar refractivity (Wildman–Crippen MR) is 65.4 cm³/mol. The molecule has 5 nitrogen and oxygen atoms in total. The van der Waals surface area contributed by atoms with Crippen LogP contribution < -0.4 is 5.32 Å². The lowest BCUT2D eigenvalue weighted by Gasteiger charge is -2.02. The van der Waals surface area contributed by atoms with Crippen LogP contribution in [0.4, 0.5) is 5.82 Å². The Morgan fingerprint density at radius 1 is 1.35 bits per heavy atom. The van der Waals surface area contributed by atoms with Crippen molar-refractivity contribution in [1.82, 2.24) is 14.8 Å². The maximum atomic E-state index is 11.8. The first-order valence-electron chi connectivity index (χ1n) is 4.68. The number of nitrogens with zero attached hydrogens (tertiary/aromatic N) is 3. The minimum atomic E-state index is -0.363. The van der Waals surface area contributed by atoms with Gasteiger partial charge in [-0.1, -0.05) is 23.2 Å². The van der Waals surface area contributed by atoms with E-state index in [1.807, 2.05) is 0 Å². The van der Waals surface area contributed by atoms with Crippen molar-refractivity contribution in [2.45, 2.75) is 0 Å². The number of halogens is 2. The minimum Gasteiger partial charge on any atom is -0.306 e. The zero-order valence-corrected chi connectivity index (χ0v) is 10.3. The highest BCUT2D eigenvalue weighted by Crippen LogP contribution is 2.16. The molecule has 0 saturated heterocycles. The van der Waals surface area contributed by atoms with Crippen molar-refractivity contribution in [3.63, 3.8) is 0 Å². The number of carbonyl (C=O) groups excluding carboxylic acids is 1. The first kappa shape index (κ1) is 11.9. The molecule has 2 aromatic heterocycles. The summed E-state index contributed by atoms with van der Waals surface area (Å²) in [7, 11) is 1.65. The summed E-state index contributed by atoms with van der Waals surface area (Å²) in [5.41, 5.74) is 0.297. The van der Waals surface area contributed by atoms with E-state index in [0.717, 1.165) is 0 Å². The number of aromatic nitrogens is 3. The summed E-state index contributed by atoms with van der Waals surface area (Å²) in [5, 5.41) is 7.25. The van der Waals surface area contributed by atoms with Crippen LogP contribution in [-0.2, 0) is 7.05 Å². The minimum absolute atomic E-state index is 0.275. The second kappa shape index (κ2) is 4.73. The molecule has 0 bridgehead atoms. The molecular weight excluding hydrogens is 263 g/mol. The van der Waals surface area contributed by atoms with E-state index in [1.54, 1.807) is 19.2 Å². The van der Waals surface area contributed by atoms with Crippen molar-refractivity contribution >= 4 is 34.9 Å². The quantitative estimate of drug-likeness (QED) is 0.912. The molecule has 1 N–H and O–H groups in total. The number of aryl methyl sites for hydroxylation is 1. The molecule has 0 saturated carbocycles. The van der Waals surface area contributed by atoms with Gasteiger partial charge in [0.2, 0.25) is 0 Å². The maximum absolute atomic E-state index is 11.8.